The summed E-state index contributed by atoms with van der Waals surface area (Å²) < 4.78 is 12.2. The summed E-state index contributed by atoms with van der Waals surface area (Å²) >= 11 is 0. The molecular formula is C27H40O3. The maximum atomic E-state index is 12.9. The molecule has 1 aromatic rings. The third kappa shape index (κ3) is 4.14. The van der Waals surface area contributed by atoms with Crippen molar-refractivity contribution in [3.05, 3.63) is 29.8 Å². The second-order valence-corrected chi connectivity index (χ2v) is 11.3. The van der Waals surface area contributed by atoms with E-state index >= 15 is 0 Å². The van der Waals surface area contributed by atoms with Gasteiger partial charge in [-0.15, -0.1) is 0 Å². The van der Waals surface area contributed by atoms with E-state index in [0.717, 1.165) is 24.5 Å². The standard InChI is InChI=1S/C27H40O3/c1-6-19(4)21-7-9-24(10-8-21)29-17-25(28)30-27(13-18(2)3)22-11-20-12-23(27)16-26(5,14-20)15-22/h7-10,18-20,22-23H,6,11-17H2,1-5H3. The summed E-state index contributed by atoms with van der Waals surface area (Å²) in [6, 6.07) is 8.16. The Morgan fingerprint density at radius 2 is 1.70 bits per heavy atom. The Kier molecular flexibility index (Phi) is 5.94. The van der Waals surface area contributed by atoms with Gasteiger partial charge < -0.3 is 9.47 Å². The van der Waals surface area contributed by atoms with Gasteiger partial charge in [-0.05, 0) is 97.6 Å². The molecule has 30 heavy (non-hydrogen) atoms. The molecule has 0 amide bonds. The van der Waals surface area contributed by atoms with Crippen LogP contribution in [-0.2, 0) is 9.53 Å². The van der Waals surface area contributed by atoms with E-state index in [2.05, 4.69) is 46.8 Å². The molecule has 3 heteroatoms. The lowest BCUT2D eigenvalue weighted by molar-refractivity contribution is -0.229. The lowest BCUT2D eigenvalue weighted by Gasteiger charge is -2.64. The number of esters is 1. The molecule has 0 N–H and O–H groups in total. The summed E-state index contributed by atoms with van der Waals surface area (Å²) in [5.41, 5.74) is 1.51. The van der Waals surface area contributed by atoms with E-state index in [1.165, 1.54) is 37.7 Å². The van der Waals surface area contributed by atoms with Crippen molar-refractivity contribution in [3.8, 4) is 5.75 Å². The molecule has 0 aliphatic heterocycles. The minimum absolute atomic E-state index is 0.00264. The third-order valence-corrected chi connectivity index (χ3v) is 8.33. The van der Waals surface area contributed by atoms with Crippen LogP contribution in [0.5, 0.6) is 5.75 Å². The molecule has 4 bridgehead atoms. The van der Waals surface area contributed by atoms with E-state index in [1.54, 1.807) is 0 Å². The second kappa shape index (κ2) is 8.20. The van der Waals surface area contributed by atoms with Crippen LogP contribution >= 0.6 is 0 Å². The van der Waals surface area contributed by atoms with Gasteiger partial charge in [0, 0.05) is 0 Å². The molecule has 4 aliphatic rings. The highest BCUT2D eigenvalue weighted by atomic mass is 16.6. The molecule has 4 aliphatic carbocycles. The van der Waals surface area contributed by atoms with Crippen molar-refractivity contribution in [2.45, 2.75) is 91.1 Å². The maximum Gasteiger partial charge on any atom is 0.344 e. The van der Waals surface area contributed by atoms with Gasteiger partial charge in [0.15, 0.2) is 6.61 Å². The molecule has 3 nitrogen and oxygen atoms in total. The SMILES string of the molecule is CCC(C)c1ccc(OCC(=O)OC2(CC(C)C)C3CC4CC2CC(C)(C4)C3)cc1. The van der Waals surface area contributed by atoms with E-state index < -0.39 is 0 Å². The first-order chi connectivity index (χ1) is 14.2. The van der Waals surface area contributed by atoms with Gasteiger partial charge in [0.05, 0.1) is 0 Å². The van der Waals surface area contributed by atoms with Crippen molar-refractivity contribution in [2.75, 3.05) is 6.61 Å². The van der Waals surface area contributed by atoms with E-state index in [1.807, 2.05) is 12.1 Å². The Morgan fingerprint density at radius 3 is 2.23 bits per heavy atom. The summed E-state index contributed by atoms with van der Waals surface area (Å²) in [7, 11) is 0. The number of carbonyl (C=O) groups is 1. The van der Waals surface area contributed by atoms with Crippen LogP contribution in [-0.4, -0.2) is 18.2 Å². The van der Waals surface area contributed by atoms with Crippen LogP contribution in [0, 0.1) is 29.1 Å². The predicted molar refractivity (Wildman–Crippen MR) is 121 cm³/mol. The first kappa shape index (κ1) is 21.7. The summed E-state index contributed by atoms with van der Waals surface area (Å²) in [6.07, 6.45) is 8.40. The monoisotopic (exact) mass is 412 g/mol. The van der Waals surface area contributed by atoms with Gasteiger partial charge in [0.1, 0.15) is 11.4 Å². The van der Waals surface area contributed by atoms with Gasteiger partial charge in [-0.1, -0.05) is 46.8 Å². The Hall–Kier alpha value is -1.51. The van der Waals surface area contributed by atoms with E-state index in [0.29, 0.717) is 29.1 Å². The fraction of sp³-hybridized carbons (Fsp3) is 0.741. The highest BCUT2D eigenvalue weighted by Crippen LogP contribution is 2.65. The third-order valence-electron chi connectivity index (χ3n) is 8.33. The topological polar surface area (TPSA) is 35.5 Å². The normalized spacial score (nSPS) is 35.5. The summed E-state index contributed by atoms with van der Waals surface area (Å²) in [4.78, 5) is 12.9. The minimum Gasteiger partial charge on any atom is -0.482 e. The Morgan fingerprint density at radius 1 is 1.07 bits per heavy atom. The largest absolute Gasteiger partial charge is 0.482 e. The molecule has 166 valence electrons. The summed E-state index contributed by atoms with van der Waals surface area (Å²) in [5.74, 6) is 3.50. The molecular weight excluding hydrogens is 372 g/mol. The fourth-order valence-electron chi connectivity index (χ4n) is 7.14. The van der Waals surface area contributed by atoms with Gasteiger partial charge in [-0.25, -0.2) is 4.79 Å². The van der Waals surface area contributed by atoms with Gasteiger partial charge in [-0.3, -0.25) is 0 Å². The van der Waals surface area contributed by atoms with E-state index in [-0.39, 0.29) is 18.2 Å². The zero-order chi connectivity index (χ0) is 21.5. The molecule has 4 fully saturated rings. The summed E-state index contributed by atoms with van der Waals surface area (Å²) in [5, 5.41) is 0. The first-order valence-electron chi connectivity index (χ1n) is 12.2. The molecule has 0 aromatic heterocycles. The lowest BCUT2D eigenvalue weighted by atomic mass is 9.44. The second-order valence-electron chi connectivity index (χ2n) is 11.3. The smallest absolute Gasteiger partial charge is 0.344 e. The number of hydrogen-bond donors (Lipinski definition) is 0. The predicted octanol–water partition coefficient (Wildman–Crippen LogP) is 6.75. The molecule has 0 radical (unpaired) electrons. The zero-order valence-electron chi connectivity index (χ0n) is 19.6. The average Bonchev–Trinajstić information content (AvgIpc) is 2.68. The lowest BCUT2D eigenvalue weighted by Crippen LogP contribution is -2.62. The van der Waals surface area contributed by atoms with Crippen molar-refractivity contribution < 1.29 is 14.3 Å². The van der Waals surface area contributed by atoms with Crippen LogP contribution in [0.3, 0.4) is 0 Å². The zero-order valence-corrected chi connectivity index (χ0v) is 19.6. The molecule has 0 spiro atoms. The molecule has 5 rings (SSSR count). The Balaban J connectivity index is 1.42. The van der Waals surface area contributed by atoms with Crippen LogP contribution in [0.15, 0.2) is 24.3 Å². The maximum absolute atomic E-state index is 12.9. The van der Waals surface area contributed by atoms with E-state index in [4.69, 9.17) is 9.47 Å². The fourth-order valence-corrected chi connectivity index (χ4v) is 7.14. The molecule has 3 atom stereocenters. The number of ether oxygens (including phenoxy) is 2. The summed E-state index contributed by atoms with van der Waals surface area (Å²) in [6.45, 7) is 11.4. The molecule has 4 saturated carbocycles. The van der Waals surface area contributed by atoms with Crippen LogP contribution in [0.25, 0.3) is 0 Å². The highest BCUT2D eigenvalue weighted by molar-refractivity contribution is 5.71. The van der Waals surface area contributed by atoms with Crippen molar-refractivity contribution >= 4 is 5.97 Å². The Labute approximate surface area is 182 Å². The molecule has 3 unspecified atom stereocenters. The first-order valence-corrected chi connectivity index (χ1v) is 12.2. The quantitative estimate of drug-likeness (QED) is 0.443. The Bertz CT molecular complexity index is 734. The van der Waals surface area contributed by atoms with Crippen molar-refractivity contribution in [1.29, 1.82) is 0 Å². The van der Waals surface area contributed by atoms with Crippen LogP contribution < -0.4 is 4.74 Å². The van der Waals surface area contributed by atoms with Gasteiger partial charge in [0.25, 0.3) is 0 Å². The van der Waals surface area contributed by atoms with Gasteiger partial charge in [0.2, 0.25) is 0 Å². The van der Waals surface area contributed by atoms with E-state index in [9.17, 15) is 4.79 Å². The molecule has 1 aromatic carbocycles. The number of carbonyl (C=O) groups excluding carboxylic acids is 1. The number of hydrogen-bond acceptors (Lipinski definition) is 3. The average molecular weight is 413 g/mol. The minimum atomic E-state index is -0.272. The molecule has 0 saturated heterocycles. The highest BCUT2D eigenvalue weighted by Gasteiger charge is 2.62. The van der Waals surface area contributed by atoms with Crippen molar-refractivity contribution in [1.82, 2.24) is 0 Å². The van der Waals surface area contributed by atoms with Crippen LogP contribution in [0.4, 0.5) is 0 Å². The van der Waals surface area contributed by atoms with Crippen molar-refractivity contribution in [3.63, 3.8) is 0 Å². The number of benzene rings is 1. The van der Waals surface area contributed by atoms with Crippen LogP contribution in [0.2, 0.25) is 0 Å². The van der Waals surface area contributed by atoms with Gasteiger partial charge >= 0.3 is 5.97 Å². The van der Waals surface area contributed by atoms with Crippen LogP contribution in [0.1, 0.15) is 91.0 Å². The number of rotatable bonds is 8. The van der Waals surface area contributed by atoms with Gasteiger partial charge in [-0.2, -0.15) is 0 Å². The molecule has 0 heterocycles. The van der Waals surface area contributed by atoms with Crippen molar-refractivity contribution in [2.24, 2.45) is 29.1 Å².